The lowest BCUT2D eigenvalue weighted by molar-refractivity contribution is 0.0951. The average Bonchev–Trinajstić information content (AvgIpc) is 2.11. The van der Waals surface area contributed by atoms with E-state index in [0.717, 1.165) is 5.56 Å². The molecule has 2 nitrogen and oxygen atoms in total. The maximum Gasteiger partial charge on any atom is 0.254 e. The number of benzene rings is 1. The second-order valence-corrected chi connectivity index (χ2v) is 3.82. The van der Waals surface area contributed by atoms with E-state index in [2.05, 4.69) is 21.2 Å². The molecule has 0 radical (unpaired) electrons. The molecule has 0 aliphatic carbocycles. The molecule has 4 heteroatoms. The predicted molar refractivity (Wildman–Crippen MR) is 56.8 cm³/mol. The Morgan fingerprint density at radius 3 is 2.79 bits per heavy atom. The molecule has 1 N–H and O–H groups in total. The Labute approximate surface area is 90.6 Å². The number of hydrogen-bond acceptors (Lipinski definition) is 1. The second kappa shape index (κ2) is 4.55. The van der Waals surface area contributed by atoms with Crippen LogP contribution < -0.4 is 5.32 Å². The van der Waals surface area contributed by atoms with Crippen molar-refractivity contribution >= 4 is 21.8 Å². The monoisotopic (exact) mass is 259 g/mol. The first-order valence-corrected chi connectivity index (χ1v) is 5.09. The summed E-state index contributed by atoms with van der Waals surface area (Å²) in [4.78, 5) is 11.4. The third-order valence-electron chi connectivity index (χ3n) is 1.75. The highest BCUT2D eigenvalue weighted by molar-refractivity contribution is 9.10. The van der Waals surface area contributed by atoms with E-state index in [4.69, 9.17) is 0 Å². The van der Waals surface area contributed by atoms with Gasteiger partial charge in [0.05, 0.1) is 10.0 Å². The van der Waals surface area contributed by atoms with Crippen molar-refractivity contribution < 1.29 is 9.18 Å². The number of nitrogens with one attached hydrogen (secondary N) is 1. The molecule has 14 heavy (non-hydrogen) atoms. The molecule has 0 aromatic heterocycles. The van der Waals surface area contributed by atoms with Crippen LogP contribution >= 0.6 is 15.9 Å². The zero-order valence-corrected chi connectivity index (χ0v) is 9.61. The fraction of sp³-hybridized carbons (Fsp3) is 0.300. The van der Waals surface area contributed by atoms with Crippen LogP contribution in [0, 0.1) is 12.7 Å². The van der Waals surface area contributed by atoms with Crippen LogP contribution in [0.3, 0.4) is 0 Å². The number of carbonyl (C=O) groups is 1. The van der Waals surface area contributed by atoms with Gasteiger partial charge in [0.15, 0.2) is 0 Å². The molecular weight excluding hydrogens is 249 g/mol. The van der Waals surface area contributed by atoms with Gasteiger partial charge in [0.25, 0.3) is 5.91 Å². The van der Waals surface area contributed by atoms with Crippen LogP contribution in [-0.2, 0) is 0 Å². The Balaban J connectivity index is 3.13. The maximum absolute atomic E-state index is 13.4. The van der Waals surface area contributed by atoms with Crippen molar-refractivity contribution in [3.8, 4) is 0 Å². The van der Waals surface area contributed by atoms with Gasteiger partial charge < -0.3 is 5.32 Å². The summed E-state index contributed by atoms with van der Waals surface area (Å²) in [6.07, 6.45) is 0. The smallest absolute Gasteiger partial charge is 0.254 e. The van der Waals surface area contributed by atoms with Crippen molar-refractivity contribution in [3.63, 3.8) is 0 Å². The fourth-order valence-electron chi connectivity index (χ4n) is 1.15. The highest BCUT2D eigenvalue weighted by Gasteiger charge is 2.13. The molecule has 0 aliphatic heterocycles. The number of hydrogen-bond donors (Lipinski definition) is 1. The van der Waals surface area contributed by atoms with Gasteiger partial charge in [-0.3, -0.25) is 4.79 Å². The van der Waals surface area contributed by atoms with Crippen LogP contribution in [0.5, 0.6) is 0 Å². The molecule has 1 aromatic carbocycles. The number of amides is 1. The number of rotatable bonds is 2. The van der Waals surface area contributed by atoms with Crippen molar-refractivity contribution in [2.75, 3.05) is 6.54 Å². The largest absolute Gasteiger partial charge is 0.352 e. The van der Waals surface area contributed by atoms with Gasteiger partial charge in [0.2, 0.25) is 0 Å². The number of aryl methyl sites for hydroxylation is 1. The Morgan fingerprint density at radius 2 is 2.21 bits per heavy atom. The van der Waals surface area contributed by atoms with Crippen LogP contribution in [-0.4, -0.2) is 12.5 Å². The van der Waals surface area contributed by atoms with Gasteiger partial charge in [-0.25, -0.2) is 4.39 Å². The zero-order chi connectivity index (χ0) is 10.7. The molecule has 0 saturated heterocycles. The summed E-state index contributed by atoms with van der Waals surface area (Å²) in [7, 11) is 0. The molecule has 76 valence electrons. The van der Waals surface area contributed by atoms with E-state index in [9.17, 15) is 9.18 Å². The molecule has 0 spiro atoms. The lowest BCUT2D eigenvalue weighted by Gasteiger charge is -2.06. The van der Waals surface area contributed by atoms with Crippen molar-refractivity contribution in [1.29, 1.82) is 0 Å². The van der Waals surface area contributed by atoms with Gasteiger partial charge in [-0.15, -0.1) is 0 Å². The minimum absolute atomic E-state index is 0.0822. The standard InChI is InChI=1S/C10H11BrFNO/c1-3-13-10(14)7-4-6(2)5-8(11)9(7)12/h4-5H,3H2,1-2H3,(H,13,14). The minimum atomic E-state index is -0.512. The van der Waals surface area contributed by atoms with E-state index in [1.807, 2.05) is 6.92 Å². The van der Waals surface area contributed by atoms with E-state index in [1.54, 1.807) is 13.0 Å². The van der Waals surface area contributed by atoms with Crippen molar-refractivity contribution in [3.05, 3.63) is 33.5 Å². The van der Waals surface area contributed by atoms with Gasteiger partial charge >= 0.3 is 0 Å². The van der Waals surface area contributed by atoms with Crippen LogP contribution in [0.15, 0.2) is 16.6 Å². The summed E-state index contributed by atoms with van der Waals surface area (Å²) in [5.74, 6) is -0.893. The molecule has 0 atom stereocenters. The second-order valence-electron chi connectivity index (χ2n) is 2.97. The van der Waals surface area contributed by atoms with Gasteiger partial charge in [-0.05, 0) is 47.5 Å². The van der Waals surface area contributed by atoms with Gasteiger partial charge in [-0.2, -0.15) is 0 Å². The molecule has 1 rings (SSSR count). The maximum atomic E-state index is 13.4. The van der Waals surface area contributed by atoms with Crippen LogP contribution in [0.2, 0.25) is 0 Å². The third kappa shape index (κ3) is 2.32. The molecule has 0 unspecified atom stereocenters. The normalized spacial score (nSPS) is 10.0. The van der Waals surface area contributed by atoms with Crippen molar-refractivity contribution in [1.82, 2.24) is 5.32 Å². The van der Waals surface area contributed by atoms with E-state index in [1.165, 1.54) is 6.07 Å². The van der Waals surface area contributed by atoms with Gasteiger partial charge in [0.1, 0.15) is 5.82 Å². The molecule has 0 heterocycles. The summed E-state index contributed by atoms with van der Waals surface area (Å²) < 4.78 is 13.8. The average molecular weight is 260 g/mol. The van der Waals surface area contributed by atoms with E-state index >= 15 is 0 Å². The number of halogens is 2. The van der Waals surface area contributed by atoms with E-state index in [0.29, 0.717) is 11.0 Å². The summed E-state index contributed by atoms with van der Waals surface area (Å²) in [5.41, 5.74) is 0.929. The van der Waals surface area contributed by atoms with Crippen molar-refractivity contribution in [2.45, 2.75) is 13.8 Å². The zero-order valence-electron chi connectivity index (χ0n) is 8.03. The summed E-state index contributed by atoms with van der Waals surface area (Å²) in [5, 5.41) is 2.56. The van der Waals surface area contributed by atoms with Gasteiger partial charge in [-0.1, -0.05) is 0 Å². The van der Waals surface area contributed by atoms with Crippen LogP contribution in [0.25, 0.3) is 0 Å². The molecule has 1 amide bonds. The topological polar surface area (TPSA) is 29.1 Å². The highest BCUT2D eigenvalue weighted by Crippen LogP contribution is 2.20. The molecule has 1 aromatic rings. The van der Waals surface area contributed by atoms with Gasteiger partial charge in [0, 0.05) is 6.54 Å². The van der Waals surface area contributed by atoms with E-state index in [-0.39, 0.29) is 11.5 Å². The highest BCUT2D eigenvalue weighted by atomic mass is 79.9. The predicted octanol–water partition coefficient (Wildman–Crippen LogP) is 2.65. The molecule has 0 bridgehead atoms. The van der Waals surface area contributed by atoms with Crippen LogP contribution in [0.1, 0.15) is 22.8 Å². The molecule has 0 aliphatic rings. The molecular formula is C10H11BrFNO. The molecule has 0 fully saturated rings. The Hall–Kier alpha value is -0.900. The van der Waals surface area contributed by atoms with E-state index < -0.39 is 5.82 Å². The molecule has 0 saturated carbocycles. The quantitative estimate of drug-likeness (QED) is 0.870. The first kappa shape index (κ1) is 11.2. The first-order chi connectivity index (χ1) is 6.56. The fourth-order valence-corrected chi connectivity index (χ4v) is 1.72. The Morgan fingerprint density at radius 1 is 1.57 bits per heavy atom. The lowest BCUT2D eigenvalue weighted by atomic mass is 10.1. The third-order valence-corrected chi connectivity index (χ3v) is 2.33. The SMILES string of the molecule is CCNC(=O)c1cc(C)cc(Br)c1F. The van der Waals surface area contributed by atoms with Crippen LogP contribution in [0.4, 0.5) is 4.39 Å². The number of carbonyl (C=O) groups excluding carboxylic acids is 1. The summed E-state index contributed by atoms with van der Waals surface area (Å²) in [6.45, 7) is 4.09. The summed E-state index contributed by atoms with van der Waals surface area (Å²) in [6, 6.07) is 3.17. The first-order valence-electron chi connectivity index (χ1n) is 4.30. The lowest BCUT2D eigenvalue weighted by Crippen LogP contribution is -2.24. The minimum Gasteiger partial charge on any atom is -0.352 e. The van der Waals surface area contributed by atoms with Crippen molar-refractivity contribution in [2.24, 2.45) is 0 Å². The Bertz CT molecular complexity index is 365. The Kier molecular flexibility index (Phi) is 3.63. The summed E-state index contributed by atoms with van der Waals surface area (Å²) >= 11 is 3.06.